The Labute approximate surface area is 131 Å². The number of hydrogen-bond donors (Lipinski definition) is 1. The minimum atomic E-state index is 0.00317. The molecule has 0 radical (unpaired) electrons. The van der Waals surface area contributed by atoms with Gasteiger partial charge in [0.15, 0.2) is 0 Å². The number of aliphatic hydroxyl groups is 1. The van der Waals surface area contributed by atoms with Crippen molar-refractivity contribution in [2.75, 3.05) is 6.61 Å². The summed E-state index contributed by atoms with van der Waals surface area (Å²) in [6.07, 6.45) is 18.0. The Morgan fingerprint density at radius 2 is 1.65 bits per heavy atom. The zero-order valence-electron chi connectivity index (χ0n) is 13.5. The summed E-state index contributed by atoms with van der Waals surface area (Å²) in [6, 6.07) is 0. The average Bonchev–Trinajstić information content (AvgIpc) is 2.45. The Morgan fingerprint density at radius 1 is 1.00 bits per heavy atom. The van der Waals surface area contributed by atoms with Gasteiger partial charge in [0.25, 0.3) is 0 Å². The van der Waals surface area contributed by atoms with E-state index in [1.54, 1.807) is 0 Å². The normalized spacial score (nSPS) is 26.9. The van der Waals surface area contributed by atoms with Crippen LogP contribution >= 0.6 is 11.6 Å². The van der Waals surface area contributed by atoms with Crippen molar-refractivity contribution < 1.29 is 5.11 Å². The van der Waals surface area contributed by atoms with Crippen molar-refractivity contribution in [2.45, 2.75) is 102 Å². The third kappa shape index (κ3) is 6.80. The van der Waals surface area contributed by atoms with Crippen LogP contribution in [0.2, 0.25) is 0 Å². The molecular formula is C18H35ClO. The molecule has 1 aliphatic rings. The Balaban J connectivity index is 2.11. The second-order valence-corrected chi connectivity index (χ2v) is 7.47. The Bertz CT molecular complexity index is 229. The number of hydrogen-bond acceptors (Lipinski definition) is 1. The molecule has 0 aromatic heterocycles. The average molecular weight is 303 g/mol. The van der Waals surface area contributed by atoms with E-state index in [-0.39, 0.29) is 4.87 Å². The van der Waals surface area contributed by atoms with Crippen LogP contribution < -0.4 is 0 Å². The van der Waals surface area contributed by atoms with Gasteiger partial charge in [0, 0.05) is 11.5 Å². The van der Waals surface area contributed by atoms with E-state index in [0.29, 0.717) is 12.5 Å². The van der Waals surface area contributed by atoms with Gasteiger partial charge >= 0.3 is 0 Å². The summed E-state index contributed by atoms with van der Waals surface area (Å²) < 4.78 is 0. The Kier molecular flexibility index (Phi) is 9.98. The van der Waals surface area contributed by atoms with Gasteiger partial charge in [-0.15, -0.1) is 11.6 Å². The van der Waals surface area contributed by atoms with Crippen molar-refractivity contribution in [3.05, 3.63) is 0 Å². The van der Waals surface area contributed by atoms with Crippen molar-refractivity contribution in [1.82, 2.24) is 0 Å². The van der Waals surface area contributed by atoms with Crippen molar-refractivity contribution in [3.63, 3.8) is 0 Å². The van der Waals surface area contributed by atoms with Crippen LogP contribution in [0, 0.1) is 5.92 Å². The molecule has 2 heteroatoms. The molecule has 120 valence electrons. The lowest BCUT2D eigenvalue weighted by atomic mass is 9.74. The zero-order valence-corrected chi connectivity index (χ0v) is 14.3. The molecule has 0 spiro atoms. The molecule has 0 heterocycles. The maximum atomic E-state index is 9.20. The van der Waals surface area contributed by atoms with E-state index in [9.17, 15) is 5.11 Å². The van der Waals surface area contributed by atoms with Gasteiger partial charge in [0.2, 0.25) is 0 Å². The van der Waals surface area contributed by atoms with Crippen LogP contribution in [0.3, 0.4) is 0 Å². The molecular weight excluding hydrogens is 268 g/mol. The van der Waals surface area contributed by atoms with Gasteiger partial charge in [-0.1, -0.05) is 71.1 Å². The van der Waals surface area contributed by atoms with Crippen molar-refractivity contribution >= 4 is 11.6 Å². The second-order valence-electron chi connectivity index (χ2n) is 6.71. The Morgan fingerprint density at radius 3 is 2.30 bits per heavy atom. The zero-order chi connectivity index (χ0) is 14.7. The molecule has 1 aliphatic carbocycles. The lowest BCUT2D eigenvalue weighted by molar-refractivity contribution is 0.183. The van der Waals surface area contributed by atoms with E-state index >= 15 is 0 Å². The van der Waals surface area contributed by atoms with Gasteiger partial charge in [0.1, 0.15) is 0 Å². The summed E-state index contributed by atoms with van der Waals surface area (Å²) in [5.41, 5.74) is 0. The highest BCUT2D eigenvalue weighted by Gasteiger charge is 2.37. The SMILES string of the molecule is CCCCCCCCCCC1(Cl)CCCCC1CCO. The van der Waals surface area contributed by atoms with Gasteiger partial charge in [0.05, 0.1) is 0 Å². The fraction of sp³-hybridized carbons (Fsp3) is 1.00. The first-order valence-electron chi connectivity index (χ1n) is 9.02. The predicted octanol–water partition coefficient (Wildman–Crippen LogP) is 6.07. The van der Waals surface area contributed by atoms with Crippen molar-refractivity contribution in [2.24, 2.45) is 5.92 Å². The number of aliphatic hydroxyl groups excluding tert-OH is 1. The Hall–Kier alpha value is 0.250. The van der Waals surface area contributed by atoms with E-state index in [1.165, 1.54) is 70.6 Å². The monoisotopic (exact) mass is 302 g/mol. The van der Waals surface area contributed by atoms with Gasteiger partial charge in [-0.3, -0.25) is 0 Å². The molecule has 0 aliphatic heterocycles. The lowest BCUT2D eigenvalue weighted by Gasteiger charge is -2.39. The molecule has 20 heavy (non-hydrogen) atoms. The molecule has 1 N–H and O–H groups in total. The molecule has 0 aromatic rings. The summed E-state index contributed by atoms with van der Waals surface area (Å²) in [5, 5.41) is 9.20. The molecule has 2 atom stereocenters. The van der Waals surface area contributed by atoms with Crippen LogP contribution in [-0.4, -0.2) is 16.6 Å². The van der Waals surface area contributed by atoms with E-state index < -0.39 is 0 Å². The van der Waals surface area contributed by atoms with Crippen LogP contribution in [0.15, 0.2) is 0 Å². The van der Waals surface area contributed by atoms with Gasteiger partial charge in [-0.05, 0) is 31.6 Å². The highest BCUT2D eigenvalue weighted by atomic mass is 35.5. The molecule has 0 bridgehead atoms. The molecule has 1 rings (SSSR count). The van der Waals surface area contributed by atoms with Crippen LogP contribution in [0.1, 0.15) is 96.8 Å². The fourth-order valence-electron chi connectivity index (χ4n) is 3.71. The quantitative estimate of drug-likeness (QED) is 0.363. The number of halogens is 1. The number of unbranched alkanes of at least 4 members (excludes halogenated alkanes) is 7. The smallest absolute Gasteiger partial charge is 0.0475 e. The van der Waals surface area contributed by atoms with Crippen LogP contribution in [-0.2, 0) is 0 Å². The number of rotatable bonds is 11. The fourth-order valence-corrected chi connectivity index (χ4v) is 4.20. The van der Waals surface area contributed by atoms with E-state index in [1.807, 2.05) is 0 Å². The van der Waals surface area contributed by atoms with Gasteiger partial charge < -0.3 is 5.11 Å². The molecule has 1 fully saturated rings. The summed E-state index contributed by atoms with van der Waals surface area (Å²) in [5.74, 6) is 0.549. The standard InChI is InChI=1S/C18H35ClO/c1-2-3-4-5-6-7-8-10-14-18(19)15-11-9-12-17(18)13-16-20/h17,20H,2-16H2,1H3. The first-order valence-corrected chi connectivity index (χ1v) is 9.40. The lowest BCUT2D eigenvalue weighted by Crippen LogP contribution is -2.35. The van der Waals surface area contributed by atoms with Crippen LogP contribution in [0.5, 0.6) is 0 Å². The van der Waals surface area contributed by atoms with Crippen LogP contribution in [0.4, 0.5) is 0 Å². The summed E-state index contributed by atoms with van der Waals surface area (Å²) in [7, 11) is 0. The maximum Gasteiger partial charge on any atom is 0.0475 e. The predicted molar refractivity (Wildman–Crippen MR) is 89.5 cm³/mol. The summed E-state index contributed by atoms with van der Waals surface area (Å²) in [6.45, 7) is 2.57. The molecule has 0 saturated heterocycles. The first-order chi connectivity index (χ1) is 9.73. The number of alkyl halides is 1. The van der Waals surface area contributed by atoms with Crippen LogP contribution in [0.25, 0.3) is 0 Å². The van der Waals surface area contributed by atoms with E-state index in [4.69, 9.17) is 11.6 Å². The molecule has 1 saturated carbocycles. The van der Waals surface area contributed by atoms with Gasteiger partial charge in [-0.25, -0.2) is 0 Å². The van der Waals surface area contributed by atoms with Crippen molar-refractivity contribution in [3.8, 4) is 0 Å². The summed E-state index contributed by atoms with van der Waals surface area (Å²) in [4.78, 5) is 0.00317. The highest BCUT2D eigenvalue weighted by molar-refractivity contribution is 6.24. The third-order valence-corrected chi connectivity index (χ3v) is 5.74. The minimum Gasteiger partial charge on any atom is -0.396 e. The maximum absolute atomic E-state index is 9.20. The minimum absolute atomic E-state index is 0.00317. The topological polar surface area (TPSA) is 20.2 Å². The highest BCUT2D eigenvalue weighted by Crippen LogP contribution is 2.44. The first kappa shape index (κ1) is 18.3. The molecule has 2 unspecified atom stereocenters. The summed E-state index contributed by atoms with van der Waals surface area (Å²) >= 11 is 6.89. The molecule has 0 amide bonds. The van der Waals surface area contributed by atoms with Gasteiger partial charge in [-0.2, -0.15) is 0 Å². The second kappa shape index (κ2) is 10.9. The largest absolute Gasteiger partial charge is 0.396 e. The molecule has 0 aromatic carbocycles. The molecule has 1 nitrogen and oxygen atoms in total. The van der Waals surface area contributed by atoms with E-state index in [2.05, 4.69) is 6.92 Å². The third-order valence-electron chi connectivity index (χ3n) is 5.05. The van der Waals surface area contributed by atoms with E-state index in [0.717, 1.165) is 19.3 Å². The van der Waals surface area contributed by atoms with Crippen molar-refractivity contribution in [1.29, 1.82) is 0 Å².